The highest BCUT2D eigenvalue weighted by atomic mass is 35.5. The van der Waals surface area contributed by atoms with Crippen LogP contribution >= 0.6 is 11.6 Å². The minimum atomic E-state index is -4.26. The number of halogens is 1. The lowest BCUT2D eigenvalue weighted by molar-refractivity contribution is 0.0979. The number of aromatic hydroxyl groups is 1. The first-order chi connectivity index (χ1) is 28.3. The summed E-state index contributed by atoms with van der Waals surface area (Å²) in [4.78, 5) is 21.8. The van der Waals surface area contributed by atoms with Gasteiger partial charge in [0.2, 0.25) is 0 Å². The van der Waals surface area contributed by atoms with Crippen LogP contribution in [0.4, 0.5) is 17.1 Å². The van der Waals surface area contributed by atoms with E-state index in [-0.39, 0.29) is 27.4 Å². The van der Waals surface area contributed by atoms with Crippen LogP contribution in [0.25, 0.3) is 16.5 Å². The lowest BCUT2D eigenvalue weighted by Gasteiger charge is -2.39. The van der Waals surface area contributed by atoms with E-state index in [9.17, 15) is 18.3 Å². The van der Waals surface area contributed by atoms with Crippen molar-refractivity contribution in [3.05, 3.63) is 143 Å². The van der Waals surface area contributed by atoms with Gasteiger partial charge < -0.3 is 25.0 Å². The first kappa shape index (κ1) is 40.0. The van der Waals surface area contributed by atoms with Crippen molar-refractivity contribution in [1.82, 2.24) is 14.6 Å². The minimum Gasteiger partial charge on any atom is -0.508 e. The van der Waals surface area contributed by atoms with Crippen LogP contribution in [0.15, 0.2) is 126 Å². The number of aromatic nitrogens is 1. The molecule has 0 unspecified atom stereocenters. The number of H-pyrrole nitrogens is 1. The highest BCUT2D eigenvalue weighted by molar-refractivity contribution is 7.90. The maximum atomic E-state index is 13.9. The summed E-state index contributed by atoms with van der Waals surface area (Å²) in [6.45, 7) is 10.7. The number of phenols is 1. The number of phenolic OH excluding ortho intramolecular Hbond substituents is 1. The number of anilines is 3. The van der Waals surface area contributed by atoms with Crippen LogP contribution < -0.4 is 19.7 Å². The minimum absolute atomic E-state index is 0.0533. The Hall–Kier alpha value is -5.75. The third-order valence-corrected chi connectivity index (χ3v) is 13.0. The molecule has 0 saturated carbocycles. The van der Waals surface area contributed by atoms with Crippen LogP contribution in [0.3, 0.4) is 0 Å². The van der Waals surface area contributed by atoms with Gasteiger partial charge in [-0.1, -0.05) is 43.2 Å². The van der Waals surface area contributed by atoms with Crippen LogP contribution in [0.5, 0.6) is 17.2 Å². The first-order valence-electron chi connectivity index (χ1n) is 19.9. The lowest BCUT2D eigenvalue weighted by atomic mass is 9.72. The van der Waals surface area contributed by atoms with Crippen LogP contribution in [-0.2, 0) is 10.0 Å². The molecule has 1 fully saturated rings. The van der Waals surface area contributed by atoms with Gasteiger partial charge in [0.05, 0.1) is 10.5 Å². The molecule has 1 aliphatic carbocycles. The van der Waals surface area contributed by atoms with E-state index >= 15 is 0 Å². The second kappa shape index (κ2) is 16.5. The van der Waals surface area contributed by atoms with Crippen LogP contribution in [0, 0.1) is 12.3 Å². The summed E-state index contributed by atoms with van der Waals surface area (Å²) >= 11 is 6.25. The molecule has 1 saturated heterocycles. The van der Waals surface area contributed by atoms with Gasteiger partial charge in [-0.25, -0.2) is 13.1 Å². The van der Waals surface area contributed by atoms with Crippen molar-refractivity contribution in [3.8, 4) is 17.2 Å². The average molecular weight is 830 g/mol. The Balaban J connectivity index is 1.00. The van der Waals surface area contributed by atoms with Crippen molar-refractivity contribution in [2.45, 2.75) is 44.9 Å². The molecule has 4 N–H and O–H groups in total. The molecule has 6 aromatic rings. The second-order valence-corrected chi connectivity index (χ2v) is 18.4. The van der Waals surface area contributed by atoms with Crippen LogP contribution in [0.1, 0.15) is 54.6 Å². The highest BCUT2D eigenvalue weighted by Crippen LogP contribution is 2.43. The molecule has 1 amide bonds. The summed E-state index contributed by atoms with van der Waals surface area (Å²) in [6.07, 6.45) is 5.12. The number of piperazine rings is 1. The van der Waals surface area contributed by atoms with E-state index in [0.29, 0.717) is 17.0 Å². The number of fused-ring (bicyclic) bond motifs is 1. The largest absolute Gasteiger partial charge is 0.508 e. The van der Waals surface area contributed by atoms with E-state index in [1.54, 1.807) is 43.3 Å². The zero-order valence-corrected chi connectivity index (χ0v) is 35.0. The molecule has 2 aliphatic rings. The van der Waals surface area contributed by atoms with Crippen LogP contribution in [-0.4, -0.2) is 62.0 Å². The molecule has 1 aromatic heterocycles. The average Bonchev–Trinajstić information content (AvgIpc) is 3.69. The number of hydrogen-bond donors (Lipinski definition) is 4. The predicted octanol–water partition coefficient (Wildman–Crippen LogP) is 10.3. The maximum Gasteiger partial charge on any atom is 0.268 e. The van der Waals surface area contributed by atoms with E-state index in [1.807, 2.05) is 54.7 Å². The fourth-order valence-corrected chi connectivity index (χ4v) is 9.16. The monoisotopic (exact) mass is 829 g/mol. The Bertz CT molecular complexity index is 2650. The number of carbonyl (C=O) groups excluding carboxylic acids is 1. The topological polar surface area (TPSA) is 127 Å². The number of nitrogens with one attached hydrogen (secondary N) is 3. The lowest BCUT2D eigenvalue weighted by Crippen LogP contribution is -2.47. The molecule has 10 nitrogen and oxygen atoms in total. The Kier molecular flexibility index (Phi) is 11.2. The number of sulfonamides is 1. The van der Waals surface area contributed by atoms with Gasteiger partial charge in [-0.15, -0.1) is 0 Å². The van der Waals surface area contributed by atoms with Gasteiger partial charge in [0.1, 0.15) is 17.2 Å². The van der Waals surface area contributed by atoms with Gasteiger partial charge in [0, 0.05) is 78.0 Å². The van der Waals surface area contributed by atoms with Gasteiger partial charge >= 0.3 is 0 Å². The molecular formula is C47H48ClN5O5S. The number of carbonyl (C=O) groups is 1. The molecule has 0 atom stereocenters. The maximum absolute atomic E-state index is 13.9. The number of rotatable bonds is 11. The first-order valence-corrected chi connectivity index (χ1v) is 21.7. The fourth-order valence-electron chi connectivity index (χ4n) is 7.98. The molecule has 5 aromatic carbocycles. The number of ether oxygens (including phenoxy) is 1. The Morgan fingerprint density at radius 1 is 0.898 bits per heavy atom. The number of allylic oxidation sites excluding steroid dienone is 1. The SMILES string of the molecule is Cc1cc(S(=O)(=O)NC(=O)c2ccc(N3CCN(CC4=C(c5ccc(Cl)cc5)CC(C)(C)CC4)CC3)cc2Oc2ccc3[nH]ccc3c2)ccc1Nc1ccc(O)cc1. The third kappa shape index (κ3) is 9.28. The molecule has 0 bridgehead atoms. The fraction of sp³-hybridized carbons (Fsp3) is 0.255. The normalized spacial score (nSPS) is 16.0. The highest BCUT2D eigenvalue weighted by Gasteiger charge is 2.30. The van der Waals surface area contributed by atoms with E-state index in [2.05, 4.69) is 50.8 Å². The summed E-state index contributed by atoms with van der Waals surface area (Å²) in [6, 6.07) is 32.3. The number of aryl methyl sites for hydroxylation is 1. The summed E-state index contributed by atoms with van der Waals surface area (Å²) in [5.74, 6) is 0.108. The van der Waals surface area contributed by atoms with Crippen molar-refractivity contribution in [1.29, 1.82) is 0 Å². The molecular weight excluding hydrogens is 782 g/mol. The quantitative estimate of drug-likeness (QED) is 0.0951. The molecule has 304 valence electrons. The zero-order valence-electron chi connectivity index (χ0n) is 33.4. The van der Waals surface area contributed by atoms with Crippen molar-refractivity contribution >= 4 is 61.1 Å². The van der Waals surface area contributed by atoms with Gasteiger partial charge in [0.15, 0.2) is 0 Å². The Morgan fingerprint density at radius 2 is 1.66 bits per heavy atom. The molecule has 8 rings (SSSR count). The summed E-state index contributed by atoms with van der Waals surface area (Å²) < 4.78 is 36.0. The Labute approximate surface area is 350 Å². The van der Waals surface area contributed by atoms with Crippen molar-refractivity contribution in [2.75, 3.05) is 42.9 Å². The van der Waals surface area contributed by atoms with Crippen molar-refractivity contribution in [2.24, 2.45) is 5.41 Å². The van der Waals surface area contributed by atoms with E-state index in [0.717, 1.165) is 79.3 Å². The summed E-state index contributed by atoms with van der Waals surface area (Å²) in [5.41, 5.74) is 8.42. The number of benzene rings is 5. The number of hydrogen-bond acceptors (Lipinski definition) is 8. The molecule has 2 heterocycles. The standard InChI is InChI=1S/C47H48ClN5O5S/c1-31-26-40(14-17-43(31)50-36-8-11-38(54)12-9-36)59(56,57)51-46(55)41-15-10-37(28-45(41)58-39-13-16-44-33(27-39)19-21-49-44)53-24-22-52(23-25-53)30-34-18-20-47(2,3)29-42(34)32-4-6-35(48)7-5-32/h4-17,19,21,26-28,49-50,54H,18,20,22-25,29-30H2,1-3H3,(H,51,55). The zero-order chi connectivity index (χ0) is 41.3. The molecule has 1 aliphatic heterocycles. The van der Waals surface area contributed by atoms with Gasteiger partial charge in [-0.05, 0) is 139 Å². The molecule has 0 spiro atoms. The summed E-state index contributed by atoms with van der Waals surface area (Å²) in [5, 5.41) is 14.5. The smallest absolute Gasteiger partial charge is 0.268 e. The number of nitrogens with zero attached hydrogens (tertiary/aromatic N) is 2. The Morgan fingerprint density at radius 3 is 2.41 bits per heavy atom. The summed E-state index contributed by atoms with van der Waals surface area (Å²) in [7, 11) is -4.26. The van der Waals surface area contributed by atoms with Crippen LogP contribution in [0.2, 0.25) is 5.02 Å². The second-order valence-electron chi connectivity index (χ2n) is 16.3. The van der Waals surface area contributed by atoms with Gasteiger partial charge in [-0.3, -0.25) is 9.69 Å². The van der Waals surface area contributed by atoms with Gasteiger partial charge in [-0.2, -0.15) is 0 Å². The van der Waals surface area contributed by atoms with Gasteiger partial charge in [0.25, 0.3) is 15.9 Å². The molecule has 59 heavy (non-hydrogen) atoms. The third-order valence-electron chi connectivity index (χ3n) is 11.4. The molecule has 0 radical (unpaired) electrons. The van der Waals surface area contributed by atoms with Crippen molar-refractivity contribution < 1.29 is 23.1 Å². The van der Waals surface area contributed by atoms with E-state index < -0.39 is 15.9 Å². The van der Waals surface area contributed by atoms with E-state index in [4.69, 9.17) is 16.3 Å². The van der Waals surface area contributed by atoms with Crippen molar-refractivity contribution in [3.63, 3.8) is 0 Å². The molecule has 12 heteroatoms. The van der Waals surface area contributed by atoms with E-state index in [1.165, 1.54) is 28.8 Å². The predicted molar refractivity (Wildman–Crippen MR) is 237 cm³/mol. The number of amides is 1. The number of aromatic amines is 1.